The quantitative estimate of drug-likeness (QED) is 0.547. The number of halogens is 6. The Hall–Kier alpha value is -0.660. The lowest BCUT2D eigenvalue weighted by molar-refractivity contribution is -0.137. The van der Waals surface area contributed by atoms with Crippen molar-refractivity contribution >= 4 is 43.5 Å². The maximum absolute atomic E-state index is 13.1. The van der Waals surface area contributed by atoms with E-state index in [1.807, 2.05) is 0 Å². The van der Waals surface area contributed by atoms with Crippen molar-refractivity contribution in [3.05, 3.63) is 43.6 Å². The molecule has 0 radical (unpaired) electrons. The highest BCUT2D eigenvalue weighted by Crippen LogP contribution is 2.38. The Morgan fingerprint density at radius 3 is 2.35 bits per heavy atom. The van der Waals surface area contributed by atoms with Gasteiger partial charge in [-0.1, -0.05) is 27.5 Å². The molecule has 0 saturated carbocycles. The Labute approximate surface area is 134 Å². The minimum Gasteiger partial charge on any atom is -0.232 e. The molecule has 1 heterocycles. The van der Waals surface area contributed by atoms with Crippen LogP contribution < -0.4 is 0 Å². The summed E-state index contributed by atoms with van der Waals surface area (Å²) >= 11 is 12.1. The molecule has 1 aromatic heterocycles. The summed E-state index contributed by atoms with van der Waals surface area (Å²) in [6.07, 6.45) is -4.50. The Bertz CT molecular complexity index is 651. The number of hydrogen-bond acceptors (Lipinski definition) is 2. The van der Waals surface area contributed by atoms with Gasteiger partial charge in [-0.2, -0.15) is 13.2 Å². The van der Waals surface area contributed by atoms with Crippen LogP contribution >= 0.6 is 43.5 Å². The van der Waals surface area contributed by atoms with Crippen molar-refractivity contribution in [2.75, 3.05) is 0 Å². The van der Waals surface area contributed by atoms with Gasteiger partial charge in [0.25, 0.3) is 0 Å². The predicted molar refractivity (Wildman–Crippen MR) is 77.6 cm³/mol. The van der Waals surface area contributed by atoms with Gasteiger partial charge in [-0.05, 0) is 41.1 Å². The second-order valence-electron chi connectivity index (χ2n) is 3.93. The third kappa shape index (κ3) is 3.15. The highest BCUT2D eigenvalue weighted by Gasteiger charge is 2.34. The van der Waals surface area contributed by atoms with Gasteiger partial charge in [0.15, 0.2) is 5.82 Å². The Kier molecular flexibility index (Phi) is 4.41. The molecule has 0 spiro atoms. The number of benzene rings is 1. The van der Waals surface area contributed by atoms with Crippen LogP contribution in [0.3, 0.4) is 0 Å². The van der Waals surface area contributed by atoms with Gasteiger partial charge in [0.2, 0.25) is 0 Å². The molecule has 0 aliphatic heterocycles. The molecule has 0 saturated heterocycles. The number of hydrogen-bond donors (Lipinski definition) is 0. The zero-order valence-corrected chi connectivity index (χ0v) is 13.8. The van der Waals surface area contributed by atoms with Crippen molar-refractivity contribution in [3.8, 4) is 11.4 Å². The van der Waals surface area contributed by atoms with E-state index in [2.05, 4.69) is 41.8 Å². The maximum Gasteiger partial charge on any atom is 0.417 e. The normalized spacial score (nSPS) is 11.8. The summed E-state index contributed by atoms with van der Waals surface area (Å²) in [5.41, 5.74) is -0.459. The second-order valence-corrected chi connectivity index (χ2v) is 5.99. The predicted octanol–water partition coefficient (Wildman–Crippen LogP) is 5.65. The number of aromatic nitrogens is 2. The average molecular weight is 430 g/mol. The summed E-state index contributed by atoms with van der Waals surface area (Å²) < 4.78 is 40.0. The van der Waals surface area contributed by atoms with E-state index >= 15 is 0 Å². The van der Waals surface area contributed by atoms with E-state index in [0.717, 1.165) is 6.07 Å². The minimum absolute atomic E-state index is 0.0597. The van der Waals surface area contributed by atoms with E-state index in [9.17, 15) is 13.2 Å². The van der Waals surface area contributed by atoms with Crippen molar-refractivity contribution in [2.24, 2.45) is 0 Å². The molecule has 20 heavy (non-hydrogen) atoms. The molecule has 0 aliphatic rings. The molecule has 0 aliphatic carbocycles. The van der Waals surface area contributed by atoms with Crippen LogP contribution in [0, 0.1) is 6.92 Å². The smallest absolute Gasteiger partial charge is 0.232 e. The lowest BCUT2D eigenvalue weighted by Gasteiger charge is -2.13. The fourth-order valence-electron chi connectivity index (χ4n) is 1.59. The first-order valence-electron chi connectivity index (χ1n) is 5.27. The molecule has 0 N–H and O–H groups in total. The molecule has 0 amide bonds. The van der Waals surface area contributed by atoms with E-state index in [1.54, 1.807) is 6.92 Å². The van der Waals surface area contributed by atoms with E-state index in [0.29, 0.717) is 14.6 Å². The van der Waals surface area contributed by atoms with Crippen LogP contribution in [0.4, 0.5) is 13.2 Å². The van der Waals surface area contributed by atoms with Crippen molar-refractivity contribution in [3.63, 3.8) is 0 Å². The monoisotopic (exact) mass is 428 g/mol. The fraction of sp³-hybridized carbons (Fsp3) is 0.167. The lowest BCUT2D eigenvalue weighted by atomic mass is 10.1. The molecule has 2 nitrogen and oxygen atoms in total. The SMILES string of the molecule is Cc1nc(-c2ccc(Br)cc2C(F)(F)F)nc(Cl)c1Br. The average Bonchev–Trinajstić information content (AvgIpc) is 2.34. The van der Waals surface area contributed by atoms with Crippen LogP contribution in [0.25, 0.3) is 11.4 Å². The Balaban J connectivity index is 2.70. The molecular weight excluding hydrogens is 424 g/mol. The number of nitrogens with zero attached hydrogens (tertiary/aromatic N) is 2. The summed E-state index contributed by atoms with van der Waals surface area (Å²) in [5.74, 6) is -0.0597. The molecule has 1 aromatic carbocycles. The lowest BCUT2D eigenvalue weighted by Crippen LogP contribution is -2.08. The largest absolute Gasteiger partial charge is 0.417 e. The number of alkyl halides is 3. The molecule has 106 valence electrons. The van der Waals surface area contributed by atoms with Gasteiger partial charge in [0, 0.05) is 10.0 Å². The Morgan fingerprint density at radius 2 is 1.80 bits per heavy atom. The zero-order chi connectivity index (χ0) is 15.1. The minimum atomic E-state index is -4.50. The van der Waals surface area contributed by atoms with Crippen LogP contribution in [0.2, 0.25) is 5.15 Å². The third-order valence-corrected chi connectivity index (χ3v) is 4.45. The maximum atomic E-state index is 13.1. The Morgan fingerprint density at radius 1 is 1.15 bits per heavy atom. The highest BCUT2D eigenvalue weighted by atomic mass is 79.9. The summed E-state index contributed by atoms with van der Waals surface area (Å²) in [6, 6.07) is 3.80. The van der Waals surface area contributed by atoms with Gasteiger partial charge in [0.05, 0.1) is 15.7 Å². The van der Waals surface area contributed by atoms with E-state index in [4.69, 9.17) is 11.6 Å². The van der Waals surface area contributed by atoms with Crippen LogP contribution in [0.5, 0.6) is 0 Å². The first-order chi connectivity index (χ1) is 9.20. The topological polar surface area (TPSA) is 25.8 Å². The van der Waals surface area contributed by atoms with Crippen molar-refractivity contribution < 1.29 is 13.2 Å². The van der Waals surface area contributed by atoms with Crippen LogP contribution in [0.15, 0.2) is 27.1 Å². The fourth-order valence-corrected chi connectivity index (χ4v) is 2.35. The molecule has 0 unspecified atom stereocenters. The first kappa shape index (κ1) is 15.7. The molecular formula is C12H6Br2ClF3N2. The van der Waals surface area contributed by atoms with Crippen molar-refractivity contribution in [1.29, 1.82) is 0 Å². The van der Waals surface area contributed by atoms with Gasteiger partial charge >= 0.3 is 6.18 Å². The van der Waals surface area contributed by atoms with Gasteiger partial charge < -0.3 is 0 Å². The highest BCUT2D eigenvalue weighted by molar-refractivity contribution is 9.10. The summed E-state index contributed by atoms with van der Waals surface area (Å²) in [7, 11) is 0. The van der Waals surface area contributed by atoms with E-state index in [-0.39, 0.29) is 16.5 Å². The summed E-state index contributed by atoms with van der Waals surface area (Å²) in [4.78, 5) is 7.95. The molecule has 0 bridgehead atoms. The van der Waals surface area contributed by atoms with Crippen LogP contribution in [-0.4, -0.2) is 9.97 Å². The standard InChI is InChI=1S/C12H6Br2ClF3N2/c1-5-9(14)10(15)20-11(19-5)7-3-2-6(13)4-8(7)12(16,17)18/h2-4H,1H3. The number of aryl methyl sites for hydroxylation is 1. The van der Waals surface area contributed by atoms with Gasteiger partial charge in [-0.3, -0.25) is 0 Å². The third-order valence-electron chi connectivity index (χ3n) is 2.50. The molecule has 2 aromatic rings. The molecule has 2 rings (SSSR count). The molecule has 8 heteroatoms. The van der Waals surface area contributed by atoms with Crippen molar-refractivity contribution in [1.82, 2.24) is 9.97 Å². The first-order valence-corrected chi connectivity index (χ1v) is 7.23. The van der Waals surface area contributed by atoms with Gasteiger partial charge in [-0.15, -0.1) is 0 Å². The second kappa shape index (κ2) is 5.61. The van der Waals surface area contributed by atoms with Gasteiger partial charge in [0.1, 0.15) is 5.15 Å². The van der Waals surface area contributed by atoms with E-state index in [1.165, 1.54) is 12.1 Å². The summed E-state index contributed by atoms with van der Waals surface area (Å²) in [5, 5.41) is 0.0727. The molecule has 0 atom stereocenters. The zero-order valence-electron chi connectivity index (χ0n) is 9.89. The van der Waals surface area contributed by atoms with Crippen LogP contribution in [0.1, 0.15) is 11.3 Å². The van der Waals surface area contributed by atoms with E-state index < -0.39 is 11.7 Å². The van der Waals surface area contributed by atoms with Crippen molar-refractivity contribution in [2.45, 2.75) is 13.1 Å². The number of rotatable bonds is 1. The van der Waals surface area contributed by atoms with Gasteiger partial charge in [-0.25, -0.2) is 9.97 Å². The van der Waals surface area contributed by atoms with Crippen LogP contribution in [-0.2, 0) is 6.18 Å². The molecule has 0 fully saturated rings. The summed E-state index contributed by atoms with van der Waals surface area (Å²) in [6.45, 7) is 1.63.